The number of esters is 1. The molecule has 0 fully saturated rings. The van der Waals surface area contributed by atoms with E-state index in [1.54, 1.807) is 6.20 Å². The number of hydrogen-bond donors (Lipinski definition) is 1. The van der Waals surface area contributed by atoms with Crippen LogP contribution in [0, 0.1) is 6.92 Å². The first kappa shape index (κ1) is 20.4. The predicted octanol–water partition coefficient (Wildman–Crippen LogP) is 5.51. The van der Waals surface area contributed by atoms with Gasteiger partial charge in [0.2, 0.25) is 0 Å². The molecular weight excluding hydrogens is 423 g/mol. The number of benzene rings is 2. The fourth-order valence-corrected chi connectivity index (χ4v) is 4.19. The number of aliphatic hydroxyl groups excluding tert-OH is 1. The largest absolute Gasteiger partial charge is 0.465 e. The number of pyridine rings is 1. The van der Waals surface area contributed by atoms with Crippen molar-refractivity contribution in [2.45, 2.75) is 13.0 Å². The Labute approximate surface area is 183 Å². The van der Waals surface area contributed by atoms with E-state index in [4.69, 9.17) is 27.9 Å². The van der Waals surface area contributed by atoms with Crippen LogP contribution in [0.2, 0.25) is 10.0 Å². The SMILES string of the molecule is COC(=O)c1ccc(Cl)c(C(O)c2cc3c(C)ccnc3n2-c2ccccc2)c1Cl. The summed E-state index contributed by atoms with van der Waals surface area (Å²) in [7, 11) is 1.27. The number of fused-ring (bicyclic) bond motifs is 1. The Bertz CT molecular complexity index is 1250. The molecule has 5 nitrogen and oxygen atoms in total. The maximum atomic E-state index is 12.1. The second-order valence-corrected chi connectivity index (χ2v) is 7.61. The molecule has 4 aromatic rings. The third-order valence-corrected chi connectivity index (χ3v) is 5.79. The molecule has 2 heterocycles. The zero-order valence-electron chi connectivity index (χ0n) is 16.3. The Morgan fingerprint density at radius 3 is 2.57 bits per heavy atom. The summed E-state index contributed by atoms with van der Waals surface area (Å²) in [5.41, 5.74) is 3.45. The molecule has 0 radical (unpaired) electrons. The first-order valence-electron chi connectivity index (χ1n) is 9.20. The summed E-state index contributed by atoms with van der Waals surface area (Å²) in [5.74, 6) is -0.605. The van der Waals surface area contributed by atoms with Gasteiger partial charge in [-0.15, -0.1) is 0 Å². The molecule has 0 aliphatic heterocycles. The Balaban J connectivity index is 1.99. The number of halogens is 2. The first-order valence-corrected chi connectivity index (χ1v) is 9.96. The van der Waals surface area contributed by atoms with Gasteiger partial charge in [-0.1, -0.05) is 41.4 Å². The average molecular weight is 441 g/mol. The average Bonchev–Trinajstić information content (AvgIpc) is 3.15. The highest BCUT2D eigenvalue weighted by Crippen LogP contribution is 2.39. The molecule has 0 bridgehead atoms. The standard InChI is InChI=1S/C23H18Cl2N2O3/c1-13-10-11-26-22-16(13)12-18(27(22)14-6-4-3-5-7-14)21(28)19-17(24)9-8-15(20(19)25)23(29)30-2/h3-12,21,28H,1-2H3. The van der Waals surface area contributed by atoms with Crippen molar-refractivity contribution in [3.8, 4) is 5.69 Å². The van der Waals surface area contributed by atoms with Crippen LogP contribution in [-0.2, 0) is 4.74 Å². The molecule has 30 heavy (non-hydrogen) atoms. The topological polar surface area (TPSA) is 64.3 Å². The van der Waals surface area contributed by atoms with Crippen LogP contribution in [0.15, 0.2) is 60.8 Å². The van der Waals surface area contributed by atoms with Crippen LogP contribution in [0.3, 0.4) is 0 Å². The molecular formula is C23H18Cl2N2O3. The smallest absolute Gasteiger partial charge is 0.339 e. The van der Waals surface area contributed by atoms with Crippen molar-refractivity contribution >= 4 is 40.2 Å². The molecule has 0 spiro atoms. The normalized spacial score (nSPS) is 12.2. The Morgan fingerprint density at radius 2 is 1.87 bits per heavy atom. The molecule has 1 atom stereocenters. The lowest BCUT2D eigenvalue weighted by molar-refractivity contribution is 0.0600. The minimum atomic E-state index is -1.21. The molecule has 0 aliphatic carbocycles. The second-order valence-electron chi connectivity index (χ2n) is 6.82. The molecule has 0 amide bonds. The van der Waals surface area contributed by atoms with E-state index in [0.717, 1.165) is 16.6 Å². The van der Waals surface area contributed by atoms with Crippen LogP contribution in [0.4, 0.5) is 0 Å². The molecule has 0 saturated heterocycles. The summed E-state index contributed by atoms with van der Waals surface area (Å²) in [6.07, 6.45) is 0.522. The fourth-order valence-electron chi connectivity index (χ4n) is 3.53. The predicted molar refractivity (Wildman–Crippen MR) is 118 cm³/mol. The third-order valence-electron chi connectivity index (χ3n) is 5.05. The zero-order chi connectivity index (χ0) is 21.4. The van der Waals surface area contributed by atoms with Gasteiger partial charge in [-0.05, 0) is 48.9 Å². The minimum Gasteiger partial charge on any atom is -0.465 e. The number of aryl methyl sites for hydroxylation is 1. The number of hydrogen-bond acceptors (Lipinski definition) is 4. The van der Waals surface area contributed by atoms with Gasteiger partial charge in [0.25, 0.3) is 0 Å². The van der Waals surface area contributed by atoms with Gasteiger partial charge in [-0.3, -0.25) is 4.57 Å². The molecule has 1 N–H and O–H groups in total. The molecule has 1 unspecified atom stereocenters. The summed E-state index contributed by atoms with van der Waals surface area (Å²) in [5, 5.41) is 12.6. The maximum Gasteiger partial charge on any atom is 0.339 e. The van der Waals surface area contributed by atoms with Crippen LogP contribution < -0.4 is 0 Å². The lowest BCUT2D eigenvalue weighted by Crippen LogP contribution is -2.11. The van der Waals surface area contributed by atoms with Gasteiger partial charge in [0.05, 0.1) is 23.4 Å². The summed E-state index contributed by atoms with van der Waals surface area (Å²) in [6, 6.07) is 16.4. The van der Waals surface area contributed by atoms with E-state index in [2.05, 4.69) is 4.98 Å². The number of ether oxygens (including phenoxy) is 1. The highest BCUT2D eigenvalue weighted by atomic mass is 35.5. The highest BCUT2D eigenvalue weighted by molar-refractivity contribution is 6.38. The van der Waals surface area contributed by atoms with E-state index in [1.165, 1.54) is 19.2 Å². The van der Waals surface area contributed by atoms with Crippen LogP contribution in [-0.4, -0.2) is 27.7 Å². The van der Waals surface area contributed by atoms with Crippen molar-refractivity contribution in [1.82, 2.24) is 9.55 Å². The monoisotopic (exact) mass is 440 g/mol. The van der Waals surface area contributed by atoms with Crippen molar-refractivity contribution in [3.63, 3.8) is 0 Å². The van der Waals surface area contributed by atoms with Crippen molar-refractivity contribution in [2.75, 3.05) is 7.11 Å². The number of para-hydroxylation sites is 1. The minimum absolute atomic E-state index is 0.0522. The van der Waals surface area contributed by atoms with Crippen molar-refractivity contribution in [3.05, 3.63) is 93.2 Å². The first-order chi connectivity index (χ1) is 14.4. The summed E-state index contributed by atoms with van der Waals surface area (Å²) in [4.78, 5) is 16.6. The number of rotatable bonds is 4. The van der Waals surface area contributed by atoms with E-state index in [9.17, 15) is 9.90 Å². The summed E-state index contributed by atoms with van der Waals surface area (Å²) in [6.45, 7) is 1.98. The number of carbonyl (C=O) groups excluding carboxylic acids is 1. The lowest BCUT2D eigenvalue weighted by Gasteiger charge is -2.19. The number of methoxy groups -OCH3 is 1. The fraction of sp³-hybridized carbons (Fsp3) is 0.130. The van der Waals surface area contributed by atoms with Crippen molar-refractivity contribution in [1.29, 1.82) is 0 Å². The second kappa shape index (κ2) is 8.11. The van der Waals surface area contributed by atoms with E-state index >= 15 is 0 Å². The Morgan fingerprint density at radius 1 is 1.13 bits per heavy atom. The van der Waals surface area contributed by atoms with Gasteiger partial charge < -0.3 is 9.84 Å². The number of carbonyl (C=O) groups is 1. The Hall–Kier alpha value is -2.86. The van der Waals surface area contributed by atoms with E-state index in [-0.39, 0.29) is 21.2 Å². The molecule has 2 aromatic carbocycles. The van der Waals surface area contributed by atoms with Crippen molar-refractivity contribution < 1.29 is 14.6 Å². The van der Waals surface area contributed by atoms with Gasteiger partial charge in [0.15, 0.2) is 0 Å². The quantitative estimate of drug-likeness (QED) is 0.425. The summed E-state index contributed by atoms with van der Waals surface area (Å²) < 4.78 is 6.66. The highest BCUT2D eigenvalue weighted by Gasteiger charge is 2.27. The molecule has 0 saturated carbocycles. The molecule has 152 valence electrons. The van der Waals surface area contributed by atoms with Gasteiger partial charge in [-0.2, -0.15) is 0 Å². The van der Waals surface area contributed by atoms with E-state index in [1.807, 2.05) is 54.0 Å². The van der Waals surface area contributed by atoms with E-state index < -0.39 is 12.1 Å². The zero-order valence-corrected chi connectivity index (χ0v) is 17.8. The lowest BCUT2D eigenvalue weighted by atomic mass is 10.0. The summed E-state index contributed by atoms with van der Waals surface area (Å²) >= 11 is 12.9. The van der Waals surface area contributed by atoms with Crippen molar-refractivity contribution in [2.24, 2.45) is 0 Å². The van der Waals surface area contributed by atoms with Gasteiger partial charge in [0, 0.05) is 27.9 Å². The third kappa shape index (κ3) is 3.35. The molecule has 4 rings (SSSR count). The molecule has 0 aliphatic rings. The van der Waals surface area contributed by atoms with Gasteiger partial charge in [-0.25, -0.2) is 9.78 Å². The Kier molecular flexibility index (Phi) is 5.52. The van der Waals surface area contributed by atoms with Crippen LogP contribution in [0.5, 0.6) is 0 Å². The van der Waals surface area contributed by atoms with Gasteiger partial charge >= 0.3 is 5.97 Å². The molecule has 7 heteroatoms. The number of aliphatic hydroxyl groups is 1. The van der Waals surface area contributed by atoms with E-state index in [0.29, 0.717) is 11.3 Å². The molecule has 2 aromatic heterocycles. The van der Waals surface area contributed by atoms with Gasteiger partial charge in [0.1, 0.15) is 11.8 Å². The van der Waals surface area contributed by atoms with Crippen LogP contribution >= 0.6 is 23.2 Å². The number of aromatic nitrogens is 2. The maximum absolute atomic E-state index is 12.1. The number of nitrogens with zero attached hydrogens (tertiary/aromatic N) is 2. The van der Waals surface area contributed by atoms with Crippen LogP contribution in [0.25, 0.3) is 16.7 Å². The van der Waals surface area contributed by atoms with Crippen LogP contribution in [0.1, 0.15) is 33.3 Å².